The summed E-state index contributed by atoms with van der Waals surface area (Å²) in [4.78, 5) is 14.1. The third kappa shape index (κ3) is 3.91. The second kappa shape index (κ2) is 8.32. The van der Waals surface area contributed by atoms with Crippen LogP contribution in [0.2, 0.25) is 0 Å². The Hall–Kier alpha value is -2.38. The van der Waals surface area contributed by atoms with Gasteiger partial charge in [-0.1, -0.05) is 26.0 Å². The summed E-state index contributed by atoms with van der Waals surface area (Å²) in [6.45, 7) is 6.16. The van der Waals surface area contributed by atoms with Gasteiger partial charge in [0.1, 0.15) is 0 Å². The quantitative estimate of drug-likeness (QED) is 0.666. The summed E-state index contributed by atoms with van der Waals surface area (Å²) in [5.41, 5.74) is 3.73. The summed E-state index contributed by atoms with van der Waals surface area (Å²) < 4.78 is 31.7. The summed E-state index contributed by atoms with van der Waals surface area (Å²) >= 11 is 0. The number of benzene rings is 2. The summed E-state index contributed by atoms with van der Waals surface area (Å²) in [5.74, 6) is -0.347. The van der Waals surface area contributed by atoms with E-state index in [2.05, 4.69) is 4.90 Å². The molecule has 0 atom stereocenters. The van der Waals surface area contributed by atoms with Crippen LogP contribution in [0, 0.1) is 0 Å². The number of sulfonamides is 1. The van der Waals surface area contributed by atoms with Crippen LogP contribution in [0.5, 0.6) is 0 Å². The van der Waals surface area contributed by atoms with Crippen molar-refractivity contribution in [2.24, 2.45) is 0 Å². The van der Waals surface area contributed by atoms with Gasteiger partial charge in [-0.05, 0) is 47.9 Å². The van der Waals surface area contributed by atoms with Crippen LogP contribution in [0.3, 0.4) is 0 Å². The molecule has 0 fully saturated rings. The van der Waals surface area contributed by atoms with Gasteiger partial charge in [-0.15, -0.1) is 0 Å². The van der Waals surface area contributed by atoms with Gasteiger partial charge in [0, 0.05) is 31.9 Å². The maximum Gasteiger partial charge on any atom is 0.337 e. The van der Waals surface area contributed by atoms with Crippen LogP contribution in [-0.4, -0.2) is 45.4 Å². The number of carbonyl (C=O) groups is 1. The van der Waals surface area contributed by atoms with Crippen molar-refractivity contribution in [1.29, 1.82) is 0 Å². The van der Waals surface area contributed by atoms with Gasteiger partial charge in [0.05, 0.1) is 17.6 Å². The molecule has 6 nitrogen and oxygen atoms in total. The van der Waals surface area contributed by atoms with Crippen LogP contribution in [0.25, 0.3) is 0 Å². The Bertz CT molecular complexity index is 951. The second-order valence-corrected chi connectivity index (χ2v) is 8.68. The minimum Gasteiger partial charge on any atom is -0.465 e. The highest BCUT2D eigenvalue weighted by Gasteiger charge is 2.25. The average molecular weight is 403 g/mol. The van der Waals surface area contributed by atoms with E-state index in [1.165, 1.54) is 11.4 Å². The van der Waals surface area contributed by atoms with Crippen LogP contribution >= 0.6 is 0 Å². The van der Waals surface area contributed by atoms with Crippen LogP contribution in [0.4, 0.5) is 5.69 Å². The number of esters is 1. The molecule has 0 aromatic heterocycles. The molecule has 3 rings (SSSR count). The monoisotopic (exact) mass is 402 g/mol. The topological polar surface area (TPSA) is 66.9 Å². The highest BCUT2D eigenvalue weighted by molar-refractivity contribution is 7.89. The van der Waals surface area contributed by atoms with Crippen LogP contribution < -0.4 is 4.90 Å². The first-order valence-electron chi connectivity index (χ1n) is 9.46. The van der Waals surface area contributed by atoms with Gasteiger partial charge < -0.3 is 9.64 Å². The number of hydrogen-bond acceptors (Lipinski definition) is 5. The van der Waals surface area contributed by atoms with Crippen molar-refractivity contribution in [3.63, 3.8) is 0 Å². The first-order valence-corrected chi connectivity index (χ1v) is 10.9. The maximum absolute atomic E-state index is 12.8. The molecule has 1 heterocycles. The zero-order valence-corrected chi connectivity index (χ0v) is 17.3. The molecule has 7 heteroatoms. The lowest BCUT2D eigenvalue weighted by Crippen LogP contribution is -2.30. The van der Waals surface area contributed by atoms with Gasteiger partial charge in [0.2, 0.25) is 10.0 Å². The Kier molecular flexibility index (Phi) is 6.05. The summed E-state index contributed by atoms with van der Waals surface area (Å²) in [7, 11) is -2.08. The lowest BCUT2D eigenvalue weighted by atomic mass is 10.1. The Morgan fingerprint density at radius 3 is 2.39 bits per heavy atom. The van der Waals surface area contributed by atoms with E-state index in [4.69, 9.17) is 4.74 Å². The van der Waals surface area contributed by atoms with E-state index in [9.17, 15) is 13.2 Å². The first-order chi connectivity index (χ1) is 13.4. The molecule has 0 saturated heterocycles. The van der Waals surface area contributed by atoms with E-state index >= 15 is 0 Å². The lowest BCUT2D eigenvalue weighted by Gasteiger charge is -2.21. The number of fused-ring (bicyclic) bond motifs is 1. The van der Waals surface area contributed by atoms with E-state index in [-0.39, 0.29) is 5.97 Å². The standard InChI is InChI=1S/C21H26N2O4S/c1-4-23(5-2)28(25,26)19-10-11-20-18(14-19)12-13-22(20)15-16-6-8-17(9-7-16)21(24)27-3/h6-11,14H,4-5,12-13,15H2,1-3H3. The van der Waals surface area contributed by atoms with Gasteiger partial charge in [-0.25, -0.2) is 13.2 Å². The molecule has 0 saturated carbocycles. The number of rotatable bonds is 7. The molecule has 0 unspecified atom stereocenters. The molecule has 150 valence electrons. The van der Waals surface area contributed by atoms with E-state index in [1.807, 2.05) is 38.1 Å². The molecular formula is C21H26N2O4S. The van der Waals surface area contributed by atoms with Gasteiger partial charge >= 0.3 is 5.97 Å². The fourth-order valence-corrected chi connectivity index (χ4v) is 5.08. The number of hydrogen-bond donors (Lipinski definition) is 0. The maximum atomic E-state index is 12.8. The molecule has 0 N–H and O–H groups in total. The first kappa shape index (κ1) is 20.4. The van der Waals surface area contributed by atoms with Gasteiger partial charge in [-0.2, -0.15) is 4.31 Å². The molecule has 0 amide bonds. The van der Waals surface area contributed by atoms with E-state index < -0.39 is 10.0 Å². The third-order valence-electron chi connectivity index (χ3n) is 5.13. The van der Waals surface area contributed by atoms with Gasteiger partial charge in [0.25, 0.3) is 0 Å². The predicted molar refractivity (Wildman–Crippen MR) is 109 cm³/mol. The van der Waals surface area contributed by atoms with Gasteiger partial charge in [0.15, 0.2) is 0 Å². The van der Waals surface area contributed by atoms with Crippen LogP contribution in [-0.2, 0) is 27.7 Å². The Labute approximate surface area is 166 Å². The molecule has 0 aliphatic carbocycles. The number of nitrogens with zero attached hydrogens (tertiary/aromatic N) is 2. The molecule has 0 bridgehead atoms. The molecule has 2 aromatic rings. The van der Waals surface area contributed by atoms with E-state index in [1.54, 1.807) is 18.2 Å². The molecule has 1 aliphatic heterocycles. The van der Waals surface area contributed by atoms with E-state index in [0.29, 0.717) is 30.1 Å². The lowest BCUT2D eigenvalue weighted by molar-refractivity contribution is 0.0600. The van der Waals surface area contributed by atoms with E-state index in [0.717, 1.165) is 29.8 Å². The molecule has 0 spiro atoms. The fraction of sp³-hybridized carbons (Fsp3) is 0.381. The van der Waals surface area contributed by atoms with Crippen molar-refractivity contribution >= 4 is 21.7 Å². The molecular weight excluding hydrogens is 376 g/mol. The minimum atomic E-state index is -3.44. The average Bonchev–Trinajstić information content (AvgIpc) is 3.10. The fourth-order valence-electron chi connectivity index (χ4n) is 3.57. The SMILES string of the molecule is CCN(CC)S(=O)(=O)c1ccc2c(c1)CCN2Cc1ccc(C(=O)OC)cc1. The minimum absolute atomic E-state index is 0.347. The smallest absolute Gasteiger partial charge is 0.337 e. The number of methoxy groups -OCH3 is 1. The summed E-state index contributed by atoms with van der Waals surface area (Å²) in [5, 5.41) is 0. The number of carbonyl (C=O) groups excluding carboxylic acids is 1. The van der Waals surface area contributed by atoms with Crippen molar-refractivity contribution in [1.82, 2.24) is 4.31 Å². The molecule has 2 aromatic carbocycles. The third-order valence-corrected chi connectivity index (χ3v) is 7.18. The van der Waals surface area contributed by atoms with Crippen molar-refractivity contribution in [3.8, 4) is 0 Å². The van der Waals surface area contributed by atoms with Crippen molar-refractivity contribution in [3.05, 3.63) is 59.2 Å². The largest absolute Gasteiger partial charge is 0.465 e. The van der Waals surface area contributed by atoms with Crippen molar-refractivity contribution < 1.29 is 17.9 Å². The van der Waals surface area contributed by atoms with Crippen molar-refractivity contribution in [2.75, 3.05) is 31.6 Å². The predicted octanol–water partition coefficient (Wildman–Crippen LogP) is 3.07. The molecule has 0 radical (unpaired) electrons. The Morgan fingerprint density at radius 2 is 1.79 bits per heavy atom. The summed E-state index contributed by atoms with van der Waals surface area (Å²) in [6.07, 6.45) is 0.817. The second-order valence-electron chi connectivity index (χ2n) is 6.74. The van der Waals surface area contributed by atoms with Gasteiger partial charge in [-0.3, -0.25) is 0 Å². The number of ether oxygens (including phenoxy) is 1. The summed E-state index contributed by atoms with van der Waals surface area (Å²) in [6, 6.07) is 12.8. The highest BCUT2D eigenvalue weighted by atomic mass is 32.2. The number of anilines is 1. The van der Waals surface area contributed by atoms with Crippen LogP contribution in [0.15, 0.2) is 47.4 Å². The zero-order valence-electron chi connectivity index (χ0n) is 16.5. The molecule has 1 aliphatic rings. The highest BCUT2D eigenvalue weighted by Crippen LogP contribution is 2.32. The van der Waals surface area contributed by atoms with Crippen molar-refractivity contribution in [2.45, 2.75) is 31.7 Å². The normalized spacial score (nSPS) is 13.6. The molecule has 28 heavy (non-hydrogen) atoms. The zero-order chi connectivity index (χ0) is 20.3. The van der Waals surface area contributed by atoms with Crippen LogP contribution in [0.1, 0.15) is 35.3 Å². The Morgan fingerprint density at radius 1 is 1.11 bits per heavy atom. The Balaban J connectivity index is 1.79.